The van der Waals surface area contributed by atoms with Crippen molar-refractivity contribution in [1.82, 2.24) is 0 Å². The van der Waals surface area contributed by atoms with Gasteiger partial charge in [0.15, 0.2) is 6.61 Å². The fourth-order valence-corrected chi connectivity index (χ4v) is 1.86. The van der Waals surface area contributed by atoms with Crippen LogP contribution >= 0.6 is 0 Å². The number of likely N-dealkylation sites (N-methyl/N-ethyl adjacent to an activating group) is 1. The molecular weight excluding hydrogens is 194 g/mol. The summed E-state index contributed by atoms with van der Waals surface area (Å²) in [6.07, 6.45) is 0.996. The number of rotatable bonds is 3. The molecule has 0 aliphatic carbocycles. The molecule has 80 valence electrons. The minimum absolute atomic E-state index is 0.287. The van der Waals surface area contributed by atoms with Crippen LogP contribution in [-0.4, -0.2) is 31.3 Å². The second-order valence-electron chi connectivity index (χ2n) is 3.62. The monoisotopic (exact) mass is 207 g/mol. The van der Waals surface area contributed by atoms with Crippen molar-refractivity contribution in [1.29, 1.82) is 0 Å². The molecule has 0 spiro atoms. The maximum absolute atomic E-state index is 10.4. The van der Waals surface area contributed by atoms with Crippen molar-refractivity contribution >= 4 is 11.7 Å². The maximum Gasteiger partial charge on any atom is 0.341 e. The smallest absolute Gasteiger partial charge is 0.341 e. The number of carboxylic acid groups (broad SMARTS) is 1. The van der Waals surface area contributed by atoms with Gasteiger partial charge < -0.3 is 14.7 Å². The zero-order chi connectivity index (χ0) is 10.8. The van der Waals surface area contributed by atoms with Crippen LogP contribution in [0.4, 0.5) is 5.69 Å². The normalized spacial score (nSPS) is 13.8. The third-order valence-corrected chi connectivity index (χ3v) is 2.53. The molecular formula is C11H13NO3. The van der Waals surface area contributed by atoms with Crippen LogP contribution in [0.2, 0.25) is 0 Å². The zero-order valence-electron chi connectivity index (χ0n) is 8.56. The molecule has 0 aromatic heterocycles. The van der Waals surface area contributed by atoms with Gasteiger partial charge in [0.25, 0.3) is 0 Å². The van der Waals surface area contributed by atoms with E-state index in [4.69, 9.17) is 9.84 Å². The van der Waals surface area contributed by atoms with Crippen LogP contribution in [0.1, 0.15) is 5.56 Å². The third kappa shape index (κ3) is 1.88. The second kappa shape index (κ2) is 3.81. The minimum Gasteiger partial charge on any atom is -0.480 e. The Morgan fingerprint density at radius 3 is 3.13 bits per heavy atom. The number of ether oxygens (including phenoxy) is 1. The Hall–Kier alpha value is -1.71. The first-order valence-electron chi connectivity index (χ1n) is 4.86. The maximum atomic E-state index is 10.4. The molecule has 0 bridgehead atoms. The topological polar surface area (TPSA) is 49.8 Å². The van der Waals surface area contributed by atoms with E-state index in [0.29, 0.717) is 5.75 Å². The Morgan fingerprint density at radius 1 is 1.60 bits per heavy atom. The summed E-state index contributed by atoms with van der Waals surface area (Å²) in [6.45, 7) is 0.674. The number of anilines is 1. The lowest BCUT2D eigenvalue weighted by Gasteiger charge is -2.16. The zero-order valence-corrected chi connectivity index (χ0v) is 8.56. The third-order valence-electron chi connectivity index (χ3n) is 2.53. The van der Waals surface area contributed by atoms with E-state index in [9.17, 15) is 4.79 Å². The fraction of sp³-hybridized carbons (Fsp3) is 0.364. The first kappa shape index (κ1) is 9.83. The van der Waals surface area contributed by atoms with Crippen LogP contribution in [-0.2, 0) is 11.2 Å². The van der Waals surface area contributed by atoms with Crippen molar-refractivity contribution in [3.8, 4) is 5.75 Å². The largest absolute Gasteiger partial charge is 0.480 e. The summed E-state index contributed by atoms with van der Waals surface area (Å²) in [5.74, 6) is -0.289. The van der Waals surface area contributed by atoms with Gasteiger partial charge in [-0.25, -0.2) is 4.79 Å². The first-order valence-corrected chi connectivity index (χ1v) is 4.86. The van der Waals surface area contributed by atoms with Crippen molar-refractivity contribution in [3.05, 3.63) is 23.8 Å². The molecule has 1 heterocycles. The average molecular weight is 207 g/mol. The molecule has 0 amide bonds. The highest BCUT2D eigenvalue weighted by Gasteiger charge is 2.20. The quantitative estimate of drug-likeness (QED) is 0.807. The van der Waals surface area contributed by atoms with E-state index >= 15 is 0 Å². The molecule has 4 heteroatoms. The van der Waals surface area contributed by atoms with Gasteiger partial charge >= 0.3 is 5.97 Å². The van der Waals surface area contributed by atoms with Crippen LogP contribution in [0.25, 0.3) is 0 Å². The highest BCUT2D eigenvalue weighted by molar-refractivity contribution is 5.71. The van der Waals surface area contributed by atoms with Crippen molar-refractivity contribution in [2.24, 2.45) is 0 Å². The Bertz CT molecular complexity index is 389. The summed E-state index contributed by atoms with van der Waals surface area (Å²) in [5.41, 5.74) is 2.25. The Kier molecular flexibility index (Phi) is 2.49. The van der Waals surface area contributed by atoms with Gasteiger partial charge in [-0.05, 0) is 18.1 Å². The summed E-state index contributed by atoms with van der Waals surface area (Å²) in [4.78, 5) is 12.5. The van der Waals surface area contributed by atoms with Gasteiger partial charge in [0.2, 0.25) is 0 Å². The Morgan fingerprint density at radius 2 is 2.40 bits per heavy atom. The van der Waals surface area contributed by atoms with Crippen LogP contribution in [0.5, 0.6) is 5.75 Å². The van der Waals surface area contributed by atoms with E-state index in [1.807, 2.05) is 25.2 Å². The molecule has 1 aliphatic rings. The molecule has 0 fully saturated rings. The average Bonchev–Trinajstić information content (AvgIpc) is 2.58. The molecule has 1 aromatic carbocycles. The molecule has 4 nitrogen and oxygen atoms in total. The van der Waals surface area contributed by atoms with E-state index in [2.05, 4.69) is 4.90 Å². The van der Waals surface area contributed by atoms with E-state index in [1.165, 1.54) is 5.56 Å². The van der Waals surface area contributed by atoms with Gasteiger partial charge in [0, 0.05) is 13.6 Å². The number of hydrogen-bond acceptors (Lipinski definition) is 3. The van der Waals surface area contributed by atoms with Gasteiger partial charge in [-0.15, -0.1) is 0 Å². The number of carboxylic acids is 1. The number of nitrogens with zero attached hydrogens (tertiary/aromatic N) is 1. The highest BCUT2D eigenvalue weighted by Crippen LogP contribution is 2.35. The predicted molar refractivity (Wildman–Crippen MR) is 56.5 cm³/mol. The van der Waals surface area contributed by atoms with E-state index in [1.54, 1.807) is 0 Å². The molecule has 1 N–H and O–H groups in total. The number of fused-ring (bicyclic) bond motifs is 1. The van der Waals surface area contributed by atoms with Crippen molar-refractivity contribution in [3.63, 3.8) is 0 Å². The van der Waals surface area contributed by atoms with Crippen LogP contribution in [0, 0.1) is 0 Å². The van der Waals surface area contributed by atoms with E-state index in [-0.39, 0.29) is 6.61 Å². The summed E-state index contributed by atoms with van der Waals surface area (Å²) in [6, 6.07) is 5.76. The van der Waals surface area contributed by atoms with Crippen LogP contribution in [0.15, 0.2) is 18.2 Å². The Balaban J connectivity index is 2.24. The Labute approximate surface area is 88.1 Å². The minimum atomic E-state index is -0.951. The van der Waals surface area contributed by atoms with Gasteiger partial charge in [-0.2, -0.15) is 0 Å². The summed E-state index contributed by atoms with van der Waals surface area (Å²) in [5, 5.41) is 8.55. The van der Waals surface area contributed by atoms with Crippen molar-refractivity contribution in [2.75, 3.05) is 25.1 Å². The predicted octanol–water partition coefficient (Wildman–Crippen LogP) is 1.14. The summed E-state index contributed by atoms with van der Waals surface area (Å²) < 4.78 is 5.24. The SMILES string of the molecule is CN1CCc2cccc(OCC(=O)O)c21. The van der Waals surface area contributed by atoms with E-state index in [0.717, 1.165) is 18.7 Å². The summed E-state index contributed by atoms with van der Waals surface area (Å²) in [7, 11) is 1.99. The highest BCUT2D eigenvalue weighted by atomic mass is 16.5. The lowest BCUT2D eigenvalue weighted by Crippen LogP contribution is -2.15. The lowest BCUT2D eigenvalue weighted by molar-refractivity contribution is -0.139. The molecule has 2 rings (SSSR count). The van der Waals surface area contributed by atoms with Gasteiger partial charge in [-0.3, -0.25) is 0 Å². The van der Waals surface area contributed by atoms with E-state index < -0.39 is 5.97 Å². The molecule has 15 heavy (non-hydrogen) atoms. The lowest BCUT2D eigenvalue weighted by atomic mass is 10.1. The van der Waals surface area contributed by atoms with Gasteiger partial charge in [-0.1, -0.05) is 12.1 Å². The van der Waals surface area contributed by atoms with Gasteiger partial charge in [0.05, 0.1) is 5.69 Å². The van der Waals surface area contributed by atoms with Crippen LogP contribution < -0.4 is 9.64 Å². The first-order chi connectivity index (χ1) is 7.18. The molecule has 1 aliphatic heterocycles. The molecule has 0 atom stereocenters. The molecule has 0 saturated carbocycles. The standard InChI is InChI=1S/C11H13NO3/c1-12-6-5-8-3-2-4-9(11(8)12)15-7-10(13)14/h2-4H,5-7H2,1H3,(H,13,14). The second-order valence-corrected chi connectivity index (χ2v) is 3.62. The molecule has 0 radical (unpaired) electrons. The number of benzene rings is 1. The number of para-hydroxylation sites is 1. The number of aliphatic carboxylic acids is 1. The van der Waals surface area contributed by atoms with Gasteiger partial charge in [0.1, 0.15) is 5.75 Å². The summed E-state index contributed by atoms with van der Waals surface area (Å²) >= 11 is 0. The number of carbonyl (C=O) groups is 1. The molecule has 1 aromatic rings. The van der Waals surface area contributed by atoms with Crippen molar-refractivity contribution < 1.29 is 14.6 Å². The van der Waals surface area contributed by atoms with Crippen LogP contribution in [0.3, 0.4) is 0 Å². The fourth-order valence-electron chi connectivity index (χ4n) is 1.86. The van der Waals surface area contributed by atoms with Crippen molar-refractivity contribution in [2.45, 2.75) is 6.42 Å². The number of hydrogen-bond donors (Lipinski definition) is 1. The molecule has 0 unspecified atom stereocenters. The molecule has 0 saturated heterocycles.